The van der Waals surface area contributed by atoms with Crippen LogP contribution in [0.25, 0.3) is 0 Å². The monoisotopic (exact) mass is 369 g/mol. The molecule has 0 heterocycles. The Balaban J connectivity index is 1.52. The van der Waals surface area contributed by atoms with Crippen LogP contribution in [0.4, 0.5) is 15.8 Å². The number of nitro groups is 1. The average molecular weight is 369 g/mol. The quantitative estimate of drug-likeness (QED) is 0.575. The molecule has 2 N–H and O–H groups in total. The molecule has 0 saturated heterocycles. The average Bonchev–Trinajstić information content (AvgIpc) is 3.57. The highest BCUT2D eigenvalue weighted by Crippen LogP contribution is 2.49. The first-order chi connectivity index (χ1) is 13.0. The van der Waals surface area contributed by atoms with Gasteiger partial charge in [0.15, 0.2) is 0 Å². The molecule has 6 nitrogen and oxygen atoms in total. The minimum atomic E-state index is -0.501. The summed E-state index contributed by atoms with van der Waals surface area (Å²) in [5, 5.41) is 17.4. The van der Waals surface area contributed by atoms with Gasteiger partial charge in [0, 0.05) is 29.6 Å². The lowest BCUT2D eigenvalue weighted by Gasteiger charge is -2.18. The summed E-state index contributed by atoms with van der Waals surface area (Å²) in [4.78, 5) is 23.1. The number of amides is 1. The van der Waals surface area contributed by atoms with Gasteiger partial charge in [-0.05, 0) is 49.4 Å². The van der Waals surface area contributed by atoms with Crippen LogP contribution in [0.1, 0.15) is 41.6 Å². The number of rotatable bonds is 7. The first kappa shape index (κ1) is 17.5. The smallest absolute Gasteiger partial charge is 0.293 e. The van der Waals surface area contributed by atoms with E-state index in [1.807, 2.05) is 0 Å². The van der Waals surface area contributed by atoms with Crippen molar-refractivity contribution in [3.63, 3.8) is 0 Å². The predicted octanol–water partition coefficient (Wildman–Crippen LogP) is 3.77. The number of halogens is 1. The molecule has 0 spiro atoms. The fourth-order valence-electron chi connectivity index (χ4n) is 3.32. The SMILES string of the molecule is O=C(NC1CC1)c1ccc(NCC2(c3ccccc3F)CC2)c([N+](=O)[O-])c1. The number of nitrogens with zero attached hydrogens (tertiary/aromatic N) is 1. The normalized spacial score (nSPS) is 17.2. The van der Waals surface area contributed by atoms with Gasteiger partial charge in [0.05, 0.1) is 4.92 Å². The summed E-state index contributed by atoms with van der Waals surface area (Å²) in [6.45, 7) is 0.405. The standard InChI is InChI=1S/C20H20FN3O3/c21-16-4-2-1-3-15(16)20(9-10-20)12-22-17-8-5-13(11-18(17)24(26)27)19(25)23-14-6-7-14/h1-5,8,11,14,22H,6-7,9-10,12H2,(H,23,25). The van der Waals surface area contributed by atoms with E-state index < -0.39 is 4.92 Å². The van der Waals surface area contributed by atoms with Crippen molar-refractivity contribution in [2.75, 3.05) is 11.9 Å². The maximum absolute atomic E-state index is 14.1. The van der Waals surface area contributed by atoms with Crippen molar-refractivity contribution in [2.24, 2.45) is 0 Å². The lowest BCUT2D eigenvalue weighted by atomic mass is 9.95. The molecule has 140 valence electrons. The second kappa shape index (κ2) is 6.64. The molecule has 2 saturated carbocycles. The molecule has 2 aromatic carbocycles. The van der Waals surface area contributed by atoms with Gasteiger partial charge in [-0.15, -0.1) is 0 Å². The van der Waals surface area contributed by atoms with E-state index in [1.165, 1.54) is 12.1 Å². The molecule has 2 aliphatic carbocycles. The van der Waals surface area contributed by atoms with Gasteiger partial charge in [-0.3, -0.25) is 14.9 Å². The summed E-state index contributed by atoms with van der Waals surface area (Å²) in [5.74, 6) is -0.546. The number of benzene rings is 2. The molecule has 4 rings (SSSR count). The van der Waals surface area contributed by atoms with E-state index in [2.05, 4.69) is 10.6 Å². The van der Waals surface area contributed by atoms with Crippen molar-refractivity contribution in [1.82, 2.24) is 5.32 Å². The Morgan fingerprint density at radius 3 is 2.59 bits per heavy atom. The Morgan fingerprint density at radius 1 is 1.22 bits per heavy atom. The van der Waals surface area contributed by atoms with E-state index in [-0.39, 0.29) is 34.4 Å². The van der Waals surface area contributed by atoms with E-state index in [0.29, 0.717) is 17.8 Å². The number of carbonyl (C=O) groups is 1. The van der Waals surface area contributed by atoms with Crippen LogP contribution in [-0.4, -0.2) is 23.4 Å². The van der Waals surface area contributed by atoms with Gasteiger partial charge in [0.1, 0.15) is 11.5 Å². The molecule has 2 aliphatic rings. The van der Waals surface area contributed by atoms with Crippen molar-refractivity contribution < 1.29 is 14.1 Å². The van der Waals surface area contributed by atoms with Gasteiger partial charge in [-0.2, -0.15) is 0 Å². The number of hydrogen-bond donors (Lipinski definition) is 2. The highest BCUT2D eigenvalue weighted by atomic mass is 19.1. The fourth-order valence-corrected chi connectivity index (χ4v) is 3.32. The Morgan fingerprint density at radius 2 is 1.96 bits per heavy atom. The van der Waals surface area contributed by atoms with Crippen LogP contribution in [-0.2, 0) is 5.41 Å². The van der Waals surface area contributed by atoms with Gasteiger partial charge in [0.2, 0.25) is 0 Å². The summed E-state index contributed by atoms with van der Waals surface area (Å²) in [5.41, 5.74) is 0.768. The number of anilines is 1. The summed E-state index contributed by atoms with van der Waals surface area (Å²) < 4.78 is 14.1. The van der Waals surface area contributed by atoms with E-state index in [1.54, 1.807) is 30.3 Å². The lowest BCUT2D eigenvalue weighted by Crippen LogP contribution is -2.25. The van der Waals surface area contributed by atoms with E-state index >= 15 is 0 Å². The lowest BCUT2D eigenvalue weighted by molar-refractivity contribution is -0.384. The molecule has 7 heteroatoms. The molecule has 2 fully saturated rings. The zero-order chi connectivity index (χ0) is 19.0. The summed E-state index contributed by atoms with van der Waals surface area (Å²) in [6, 6.07) is 11.3. The largest absolute Gasteiger partial charge is 0.379 e. The van der Waals surface area contributed by atoms with Gasteiger partial charge in [0.25, 0.3) is 11.6 Å². The zero-order valence-electron chi connectivity index (χ0n) is 14.7. The topological polar surface area (TPSA) is 84.3 Å². The van der Waals surface area contributed by atoms with Crippen LogP contribution in [0.3, 0.4) is 0 Å². The Labute approximate surface area is 155 Å². The number of hydrogen-bond acceptors (Lipinski definition) is 4. The summed E-state index contributed by atoms with van der Waals surface area (Å²) in [7, 11) is 0. The van der Waals surface area contributed by atoms with Crippen molar-refractivity contribution >= 4 is 17.3 Å². The molecule has 0 aliphatic heterocycles. The van der Waals surface area contributed by atoms with Crippen molar-refractivity contribution in [3.8, 4) is 0 Å². The Hall–Kier alpha value is -2.96. The Bertz CT molecular complexity index is 907. The maximum atomic E-state index is 14.1. The maximum Gasteiger partial charge on any atom is 0.293 e. The Kier molecular flexibility index (Phi) is 4.30. The zero-order valence-corrected chi connectivity index (χ0v) is 14.7. The van der Waals surface area contributed by atoms with Crippen molar-refractivity contribution in [2.45, 2.75) is 37.1 Å². The first-order valence-corrected chi connectivity index (χ1v) is 9.07. The van der Waals surface area contributed by atoms with Gasteiger partial charge >= 0.3 is 0 Å². The van der Waals surface area contributed by atoms with Crippen LogP contribution in [0.5, 0.6) is 0 Å². The molecule has 0 aromatic heterocycles. The molecular weight excluding hydrogens is 349 g/mol. The summed E-state index contributed by atoms with van der Waals surface area (Å²) in [6.07, 6.45) is 3.56. The third-order valence-corrected chi connectivity index (χ3v) is 5.29. The minimum absolute atomic E-state index is 0.150. The molecule has 2 aromatic rings. The summed E-state index contributed by atoms with van der Waals surface area (Å²) >= 11 is 0. The third-order valence-electron chi connectivity index (χ3n) is 5.29. The van der Waals surface area contributed by atoms with E-state index in [4.69, 9.17) is 0 Å². The minimum Gasteiger partial charge on any atom is -0.379 e. The molecule has 27 heavy (non-hydrogen) atoms. The molecule has 1 amide bonds. The molecule has 0 bridgehead atoms. The van der Waals surface area contributed by atoms with E-state index in [0.717, 1.165) is 25.7 Å². The second-order valence-corrected chi connectivity index (χ2v) is 7.35. The fraction of sp³-hybridized carbons (Fsp3) is 0.350. The highest BCUT2D eigenvalue weighted by Gasteiger charge is 2.45. The predicted molar refractivity (Wildman–Crippen MR) is 99.4 cm³/mol. The molecule has 0 radical (unpaired) electrons. The number of nitro benzene ring substituents is 1. The number of nitrogens with one attached hydrogen (secondary N) is 2. The highest BCUT2D eigenvalue weighted by molar-refractivity contribution is 5.96. The van der Waals surface area contributed by atoms with Crippen molar-refractivity contribution in [1.29, 1.82) is 0 Å². The van der Waals surface area contributed by atoms with Gasteiger partial charge in [-0.1, -0.05) is 18.2 Å². The van der Waals surface area contributed by atoms with E-state index in [9.17, 15) is 19.3 Å². The number of carbonyl (C=O) groups excluding carboxylic acids is 1. The van der Waals surface area contributed by atoms with Crippen LogP contribution in [0.2, 0.25) is 0 Å². The second-order valence-electron chi connectivity index (χ2n) is 7.35. The van der Waals surface area contributed by atoms with Gasteiger partial charge < -0.3 is 10.6 Å². The van der Waals surface area contributed by atoms with Crippen molar-refractivity contribution in [3.05, 3.63) is 69.5 Å². The molecular formula is C20H20FN3O3. The van der Waals surface area contributed by atoms with Crippen LogP contribution >= 0.6 is 0 Å². The molecule has 0 unspecified atom stereocenters. The third kappa shape index (κ3) is 3.63. The van der Waals surface area contributed by atoms with Crippen LogP contribution < -0.4 is 10.6 Å². The van der Waals surface area contributed by atoms with Crippen LogP contribution in [0.15, 0.2) is 42.5 Å². The van der Waals surface area contributed by atoms with Crippen LogP contribution in [0, 0.1) is 15.9 Å². The first-order valence-electron chi connectivity index (χ1n) is 9.07. The molecule has 0 atom stereocenters. The van der Waals surface area contributed by atoms with Gasteiger partial charge in [-0.25, -0.2) is 4.39 Å².